The van der Waals surface area contributed by atoms with Gasteiger partial charge in [0.1, 0.15) is 5.82 Å². The van der Waals surface area contributed by atoms with Crippen molar-refractivity contribution in [1.82, 2.24) is 20.0 Å². The number of nitrogens with one attached hydrogen (secondary N) is 1. The summed E-state index contributed by atoms with van der Waals surface area (Å²) in [6, 6.07) is 8.91. The molecule has 2 aromatic rings. The van der Waals surface area contributed by atoms with Crippen LogP contribution in [0.3, 0.4) is 0 Å². The number of aromatic nitrogens is 2. The van der Waals surface area contributed by atoms with E-state index in [1.807, 2.05) is 10.7 Å². The van der Waals surface area contributed by atoms with Crippen molar-refractivity contribution in [2.45, 2.75) is 25.9 Å². The lowest BCUT2D eigenvalue weighted by atomic mass is 10.2. The molecule has 0 saturated carbocycles. The lowest BCUT2D eigenvalue weighted by Gasteiger charge is -2.19. The van der Waals surface area contributed by atoms with Crippen LogP contribution in [-0.2, 0) is 6.54 Å². The first-order valence-corrected chi connectivity index (χ1v) is 7.24. The maximum absolute atomic E-state index is 13.0. The molecule has 2 rings (SSSR count). The second-order valence-electron chi connectivity index (χ2n) is 5.49. The summed E-state index contributed by atoms with van der Waals surface area (Å²) in [5, 5.41) is 7.74. The minimum atomic E-state index is -0.233. The van der Waals surface area contributed by atoms with Crippen LogP contribution in [0, 0.1) is 5.82 Å². The molecule has 0 aliphatic heterocycles. The first-order chi connectivity index (χ1) is 10.1. The lowest BCUT2D eigenvalue weighted by molar-refractivity contribution is 0.295. The van der Waals surface area contributed by atoms with Gasteiger partial charge < -0.3 is 10.2 Å². The Hall–Kier alpha value is -1.72. The Morgan fingerprint density at radius 3 is 2.62 bits per heavy atom. The molecule has 1 atom stereocenters. The Labute approximate surface area is 125 Å². The van der Waals surface area contributed by atoms with E-state index < -0.39 is 0 Å². The Morgan fingerprint density at radius 1 is 1.24 bits per heavy atom. The number of rotatable bonds is 7. The maximum Gasteiger partial charge on any atom is 0.123 e. The molecule has 0 spiro atoms. The van der Waals surface area contributed by atoms with Crippen molar-refractivity contribution in [2.75, 3.05) is 20.6 Å². The van der Waals surface area contributed by atoms with Crippen LogP contribution in [0.25, 0.3) is 5.69 Å². The van der Waals surface area contributed by atoms with Gasteiger partial charge in [-0.2, -0.15) is 5.10 Å². The average molecular weight is 290 g/mol. The van der Waals surface area contributed by atoms with Gasteiger partial charge in [-0.15, -0.1) is 0 Å². The van der Waals surface area contributed by atoms with Crippen molar-refractivity contribution in [3.05, 3.63) is 48.0 Å². The normalized spacial score (nSPS) is 12.8. The topological polar surface area (TPSA) is 33.1 Å². The molecule has 0 fully saturated rings. The number of benzene rings is 1. The molecular weight excluding hydrogens is 267 g/mol. The van der Waals surface area contributed by atoms with E-state index in [9.17, 15) is 4.39 Å². The number of hydrogen-bond donors (Lipinski definition) is 1. The smallest absolute Gasteiger partial charge is 0.123 e. The lowest BCUT2D eigenvalue weighted by Crippen LogP contribution is -2.29. The molecule has 1 N–H and O–H groups in total. The summed E-state index contributed by atoms with van der Waals surface area (Å²) in [7, 11) is 4.18. The summed E-state index contributed by atoms with van der Waals surface area (Å²) in [6.07, 6.45) is 2.86. The molecule has 0 aliphatic rings. The Bertz CT molecular complexity index is 548. The van der Waals surface area contributed by atoms with Gasteiger partial charge in [0, 0.05) is 18.8 Å². The minimum absolute atomic E-state index is 0.233. The van der Waals surface area contributed by atoms with Crippen LogP contribution in [0.5, 0.6) is 0 Å². The molecule has 5 heteroatoms. The fraction of sp³-hybridized carbons (Fsp3) is 0.438. The van der Waals surface area contributed by atoms with Gasteiger partial charge in [0.25, 0.3) is 0 Å². The van der Waals surface area contributed by atoms with Gasteiger partial charge in [0.05, 0.1) is 11.4 Å². The van der Waals surface area contributed by atoms with Gasteiger partial charge in [0.15, 0.2) is 0 Å². The summed E-state index contributed by atoms with van der Waals surface area (Å²) >= 11 is 0. The van der Waals surface area contributed by atoms with E-state index in [2.05, 4.69) is 36.3 Å². The van der Waals surface area contributed by atoms with Crippen molar-refractivity contribution in [2.24, 2.45) is 0 Å². The van der Waals surface area contributed by atoms with E-state index in [0.717, 1.165) is 30.9 Å². The highest BCUT2D eigenvalue weighted by molar-refractivity contribution is 5.32. The second kappa shape index (κ2) is 7.33. The van der Waals surface area contributed by atoms with Crippen LogP contribution >= 0.6 is 0 Å². The molecular formula is C16H23FN4. The zero-order valence-corrected chi connectivity index (χ0v) is 12.9. The van der Waals surface area contributed by atoms with E-state index >= 15 is 0 Å². The maximum atomic E-state index is 13.0. The molecule has 1 heterocycles. The van der Waals surface area contributed by atoms with Crippen molar-refractivity contribution in [3.8, 4) is 5.69 Å². The van der Waals surface area contributed by atoms with Gasteiger partial charge in [-0.1, -0.05) is 0 Å². The van der Waals surface area contributed by atoms with Gasteiger partial charge in [0.2, 0.25) is 0 Å². The molecule has 0 aliphatic carbocycles. The highest BCUT2D eigenvalue weighted by atomic mass is 19.1. The zero-order chi connectivity index (χ0) is 15.2. The SMILES string of the molecule is CC(CCNCc1ccnn1-c1ccc(F)cc1)N(C)C. The van der Waals surface area contributed by atoms with E-state index in [-0.39, 0.29) is 5.82 Å². The number of halogens is 1. The monoisotopic (exact) mass is 290 g/mol. The third-order valence-corrected chi connectivity index (χ3v) is 3.72. The Morgan fingerprint density at radius 2 is 1.95 bits per heavy atom. The Kier molecular flexibility index (Phi) is 5.47. The predicted octanol–water partition coefficient (Wildman–Crippen LogP) is 2.44. The third-order valence-electron chi connectivity index (χ3n) is 3.72. The highest BCUT2D eigenvalue weighted by Crippen LogP contribution is 2.11. The first-order valence-electron chi connectivity index (χ1n) is 7.24. The summed E-state index contributed by atoms with van der Waals surface area (Å²) in [4.78, 5) is 2.21. The van der Waals surface area contributed by atoms with Crippen LogP contribution < -0.4 is 5.32 Å². The predicted molar refractivity (Wildman–Crippen MR) is 83.0 cm³/mol. The second-order valence-corrected chi connectivity index (χ2v) is 5.49. The zero-order valence-electron chi connectivity index (χ0n) is 12.9. The van der Waals surface area contributed by atoms with Gasteiger partial charge >= 0.3 is 0 Å². The van der Waals surface area contributed by atoms with E-state index in [0.29, 0.717) is 6.04 Å². The van der Waals surface area contributed by atoms with E-state index in [1.54, 1.807) is 18.3 Å². The van der Waals surface area contributed by atoms with Crippen molar-refractivity contribution in [3.63, 3.8) is 0 Å². The van der Waals surface area contributed by atoms with Crippen LogP contribution in [0.4, 0.5) is 4.39 Å². The summed E-state index contributed by atoms with van der Waals surface area (Å²) < 4.78 is 14.8. The molecule has 1 aromatic heterocycles. The molecule has 4 nitrogen and oxygen atoms in total. The van der Waals surface area contributed by atoms with Crippen LogP contribution in [0.1, 0.15) is 19.0 Å². The molecule has 114 valence electrons. The summed E-state index contributed by atoms with van der Waals surface area (Å²) in [5.41, 5.74) is 1.94. The summed E-state index contributed by atoms with van der Waals surface area (Å²) in [6.45, 7) is 3.91. The average Bonchev–Trinajstić information content (AvgIpc) is 2.92. The van der Waals surface area contributed by atoms with Crippen LogP contribution in [0.15, 0.2) is 36.5 Å². The minimum Gasteiger partial charge on any atom is -0.311 e. The van der Waals surface area contributed by atoms with Crippen molar-refractivity contribution in [1.29, 1.82) is 0 Å². The van der Waals surface area contributed by atoms with Crippen molar-refractivity contribution >= 4 is 0 Å². The standard InChI is InChI=1S/C16H23FN4/c1-13(20(2)3)8-10-18-12-16-9-11-19-21(16)15-6-4-14(17)5-7-15/h4-7,9,11,13,18H,8,10,12H2,1-3H3. The molecule has 0 radical (unpaired) electrons. The largest absolute Gasteiger partial charge is 0.311 e. The van der Waals surface area contributed by atoms with Gasteiger partial charge in [-0.3, -0.25) is 0 Å². The van der Waals surface area contributed by atoms with Crippen LogP contribution in [-0.4, -0.2) is 41.4 Å². The number of hydrogen-bond acceptors (Lipinski definition) is 3. The molecule has 21 heavy (non-hydrogen) atoms. The van der Waals surface area contributed by atoms with E-state index in [1.165, 1.54) is 12.1 Å². The fourth-order valence-corrected chi connectivity index (χ4v) is 2.06. The quantitative estimate of drug-likeness (QED) is 0.795. The molecule has 1 unspecified atom stereocenters. The van der Waals surface area contributed by atoms with Gasteiger partial charge in [-0.05, 0) is 64.3 Å². The Balaban J connectivity index is 1.90. The summed E-state index contributed by atoms with van der Waals surface area (Å²) in [5.74, 6) is -0.233. The number of nitrogens with zero attached hydrogens (tertiary/aromatic N) is 3. The van der Waals surface area contributed by atoms with E-state index in [4.69, 9.17) is 0 Å². The fourth-order valence-electron chi connectivity index (χ4n) is 2.06. The molecule has 0 amide bonds. The third kappa shape index (κ3) is 4.37. The molecule has 0 bridgehead atoms. The van der Waals surface area contributed by atoms with Crippen LogP contribution in [0.2, 0.25) is 0 Å². The van der Waals surface area contributed by atoms with Crippen molar-refractivity contribution < 1.29 is 4.39 Å². The molecule has 1 aromatic carbocycles. The first kappa shape index (κ1) is 15.7. The molecule has 0 saturated heterocycles. The highest BCUT2D eigenvalue weighted by Gasteiger charge is 2.06. The van der Waals surface area contributed by atoms with Gasteiger partial charge in [-0.25, -0.2) is 9.07 Å².